The van der Waals surface area contributed by atoms with Gasteiger partial charge in [0.2, 0.25) is 0 Å². The molecule has 0 unspecified atom stereocenters. The molecule has 2 aromatic rings. The fourth-order valence-corrected chi connectivity index (χ4v) is 2.26. The zero-order valence-corrected chi connectivity index (χ0v) is 11.3. The molecule has 0 aliphatic carbocycles. The van der Waals surface area contributed by atoms with Crippen molar-refractivity contribution >= 4 is 11.3 Å². The standard InChI is InChI=1S/C12H16N4OS/c1-3-13-6-9-5-12(17)16-11(15-9)4-10-7-18-8(2)14-10/h5,7,13H,3-4,6H2,1-2H3,(H,15,16,17). The number of nitrogens with one attached hydrogen (secondary N) is 2. The van der Waals surface area contributed by atoms with Crippen LogP contribution in [0.4, 0.5) is 0 Å². The maximum absolute atomic E-state index is 11.5. The van der Waals surface area contributed by atoms with E-state index < -0.39 is 0 Å². The molecule has 0 aromatic carbocycles. The summed E-state index contributed by atoms with van der Waals surface area (Å²) in [5.74, 6) is 0.667. The van der Waals surface area contributed by atoms with E-state index in [9.17, 15) is 4.79 Å². The minimum atomic E-state index is -0.111. The second kappa shape index (κ2) is 5.88. The van der Waals surface area contributed by atoms with Crippen molar-refractivity contribution in [1.29, 1.82) is 0 Å². The molecule has 0 saturated carbocycles. The lowest BCUT2D eigenvalue weighted by Gasteiger charge is -2.03. The molecule has 0 bridgehead atoms. The van der Waals surface area contributed by atoms with Gasteiger partial charge < -0.3 is 10.3 Å². The molecule has 0 amide bonds. The Bertz CT molecular complexity index is 575. The van der Waals surface area contributed by atoms with Crippen LogP contribution in [0.25, 0.3) is 0 Å². The third-order valence-electron chi connectivity index (χ3n) is 2.42. The average Bonchev–Trinajstić information content (AvgIpc) is 2.71. The molecule has 6 heteroatoms. The van der Waals surface area contributed by atoms with Gasteiger partial charge in [-0.25, -0.2) is 9.97 Å². The second-order valence-electron chi connectivity index (χ2n) is 4.00. The Labute approximate surface area is 109 Å². The van der Waals surface area contributed by atoms with Gasteiger partial charge in [0.05, 0.1) is 16.4 Å². The molecular weight excluding hydrogens is 248 g/mol. The number of hydrogen-bond acceptors (Lipinski definition) is 5. The quantitative estimate of drug-likeness (QED) is 0.852. The van der Waals surface area contributed by atoms with E-state index in [1.807, 2.05) is 19.2 Å². The van der Waals surface area contributed by atoms with Crippen molar-refractivity contribution in [1.82, 2.24) is 20.3 Å². The first kappa shape index (κ1) is 12.9. The molecule has 0 atom stereocenters. The zero-order valence-electron chi connectivity index (χ0n) is 10.5. The molecule has 0 fully saturated rings. The number of hydrogen-bond donors (Lipinski definition) is 2. The van der Waals surface area contributed by atoms with Crippen LogP contribution in [0, 0.1) is 6.92 Å². The number of rotatable bonds is 5. The van der Waals surface area contributed by atoms with Crippen LogP contribution in [-0.4, -0.2) is 21.5 Å². The SMILES string of the molecule is CCNCc1cc(=O)[nH]c(Cc2csc(C)n2)n1. The van der Waals surface area contributed by atoms with Gasteiger partial charge in [-0.05, 0) is 13.5 Å². The molecule has 18 heavy (non-hydrogen) atoms. The molecule has 0 spiro atoms. The van der Waals surface area contributed by atoms with Crippen LogP contribution < -0.4 is 10.9 Å². The van der Waals surface area contributed by atoms with Crippen molar-refractivity contribution in [3.63, 3.8) is 0 Å². The van der Waals surface area contributed by atoms with Gasteiger partial charge in [0.25, 0.3) is 5.56 Å². The Hall–Kier alpha value is -1.53. The van der Waals surface area contributed by atoms with Crippen LogP contribution in [0.1, 0.15) is 29.1 Å². The summed E-state index contributed by atoms with van der Waals surface area (Å²) in [6.07, 6.45) is 0.569. The van der Waals surface area contributed by atoms with Crippen molar-refractivity contribution in [2.24, 2.45) is 0 Å². The highest BCUT2D eigenvalue weighted by molar-refractivity contribution is 7.09. The van der Waals surface area contributed by atoms with Gasteiger partial charge in [-0.15, -0.1) is 11.3 Å². The summed E-state index contributed by atoms with van der Waals surface area (Å²) >= 11 is 1.60. The summed E-state index contributed by atoms with van der Waals surface area (Å²) in [5, 5.41) is 6.17. The molecule has 0 aliphatic heterocycles. The molecule has 96 valence electrons. The molecule has 2 rings (SSSR count). The number of aromatic amines is 1. The first-order valence-electron chi connectivity index (χ1n) is 5.88. The summed E-state index contributed by atoms with van der Waals surface area (Å²) in [7, 11) is 0. The maximum Gasteiger partial charge on any atom is 0.251 e. The number of H-pyrrole nitrogens is 1. The van der Waals surface area contributed by atoms with Gasteiger partial charge in [-0.1, -0.05) is 6.92 Å². The van der Waals surface area contributed by atoms with Gasteiger partial charge in [-0.2, -0.15) is 0 Å². The van der Waals surface area contributed by atoms with Crippen molar-refractivity contribution in [3.8, 4) is 0 Å². The molecule has 5 nitrogen and oxygen atoms in total. The summed E-state index contributed by atoms with van der Waals surface area (Å²) < 4.78 is 0. The van der Waals surface area contributed by atoms with E-state index in [4.69, 9.17) is 0 Å². The Morgan fingerprint density at radius 1 is 1.39 bits per heavy atom. The highest BCUT2D eigenvalue weighted by Gasteiger charge is 2.05. The van der Waals surface area contributed by atoms with Gasteiger partial charge in [0.15, 0.2) is 0 Å². The monoisotopic (exact) mass is 264 g/mol. The zero-order chi connectivity index (χ0) is 13.0. The van der Waals surface area contributed by atoms with Crippen LogP contribution in [0.15, 0.2) is 16.2 Å². The number of aryl methyl sites for hydroxylation is 1. The van der Waals surface area contributed by atoms with Crippen molar-refractivity contribution < 1.29 is 0 Å². The molecule has 2 heterocycles. The minimum absolute atomic E-state index is 0.111. The second-order valence-corrected chi connectivity index (χ2v) is 5.06. The van der Waals surface area contributed by atoms with E-state index in [0.717, 1.165) is 22.9 Å². The van der Waals surface area contributed by atoms with Crippen molar-refractivity contribution in [3.05, 3.63) is 44.0 Å². The lowest BCUT2D eigenvalue weighted by Crippen LogP contribution is -2.18. The topological polar surface area (TPSA) is 70.7 Å². The Morgan fingerprint density at radius 2 is 2.22 bits per heavy atom. The predicted octanol–water partition coefficient (Wildman–Crippen LogP) is 1.24. The van der Waals surface area contributed by atoms with E-state index in [-0.39, 0.29) is 5.56 Å². The largest absolute Gasteiger partial charge is 0.311 e. The minimum Gasteiger partial charge on any atom is -0.311 e. The number of nitrogens with zero attached hydrogens (tertiary/aromatic N) is 2. The molecule has 0 radical (unpaired) electrons. The average molecular weight is 264 g/mol. The fourth-order valence-electron chi connectivity index (χ4n) is 1.65. The van der Waals surface area contributed by atoms with Crippen LogP contribution in [0.5, 0.6) is 0 Å². The van der Waals surface area contributed by atoms with Gasteiger partial charge in [-0.3, -0.25) is 4.79 Å². The number of aromatic nitrogens is 3. The first-order chi connectivity index (χ1) is 8.67. The highest BCUT2D eigenvalue weighted by atomic mass is 32.1. The van der Waals surface area contributed by atoms with Gasteiger partial charge >= 0.3 is 0 Å². The van der Waals surface area contributed by atoms with Crippen LogP contribution in [-0.2, 0) is 13.0 Å². The molecule has 2 aromatic heterocycles. The van der Waals surface area contributed by atoms with Gasteiger partial charge in [0, 0.05) is 24.4 Å². The van der Waals surface area contributed by atoms with E-state index >= 15 is 0 Å². The summed E-state index contributed by atoms with van der Waals surface area (Å²) in [5.41, 5.74) is 1.60. The Kier molecular flexibility index (Phi) is 4.22. The van der Waals surface area contributed by atoms with E-state index in [1.165, 1.54) is 6.07 Å². The van der Waals surface area contributed by atoms with Gasteiger partial charge in [0.1, 0.15) is 5.82 Å². The molecule has 0 aliphatic rings. The molecule has 2 N–H and O–H groups in total. The van der Waals surface area contributed by atoms with Crippen LogP contribution >= 0.6 is 11.3 Å². The van der Waals surface area contributed by atoms with E-state index in [1.54, 1.807) is 11.3 Å². The van der Waals surface area contributed by atoms with E-state index in [0.29, 0.717) is 18.8 Å². The van der Waals surface area contributed by atoms with Crippen molar-refractivity contribution in [2.75, 3.05) is 6.54 Å². The Morgan fingerprint density at radius 3 is 2.89 bits per heavy atom. The summed E-state index contributed by atoms with van der Waals surface area (Å²) in [6, 6.07) is 1.53. The molecular formula is C12H16N4OS. The third kappa shape index (κ3) is 3.48. The van der Waals surface area contributed by atoms with Crippen molar-refractivity contribution in [2.45, 2.75) is 26.8 Å². The first-order valence-corrected chi connectivity index (χ1v) is 6.76. The predicted molar refractivity (Wildman–Crippen MR) is 71.9 cm³/mol. The smallest absolute Gasteiger partial charge is 0.251 e. The Balaban J connectivity index is 2.17. The summed E-state index contributed by atoms with van der Waals surface area (Å²) in [4.78, 5) is 23.1. The third-order valence-corrected chi connectivity index (χ3v) is 3.24. The maximum atomic E-state index is 11.5. The lowest BCUT2D eigenvalue weighted by molar-refractivity contribution is 0.700. The van der Waals surface area contributed by atoms with Crippen LogP contribution in [0.3, 0.4) is 0 Å². The van der Waals surface area contributed by atoms with Crippen LogP contribution in [0.2, 0.25) is 0 Å². The fraction of sp³-hybridized carbons (Fsp3) is 0.417. The lowest BCUT2D eigenvalue weighted by atomic mass is 10.3. The van der Waals surface area contributed by atoms with E-state index in [2.05, 4.69) is 20.3 Å². The normalized spacial score (nSPS) is 10.8. The summed E-state index contributed by atoms with van der Waals surface area (Å²) in [6.45, 7) is 5.46. The number of thiazole rings is 1. The molecule has 0 saturated heterocycles. The highest BCUT2D eigenvalue weighted by Crippen LogP contribution is 2.10.